The molecule has 0 aromatic rings. The molecule has 6 heteroatoms. The zero-order chi connectivity index (χ0) is 15.4. The summed E-state index contributed by atoms with van der Waals surface area (Å²) in [7, 11) is 0. The zero-order valence-corrected chi connectivity index (χ0v) is 12.6. The summed E-state index contributed by atoms with van der Waals surface area (Å²) in [6.07, 6.45) is -0.414. The molecule has 2 atom stereocenters. The second-order valence-electron chi connectivity index (χ2n) is 6.75. The van der Waals surface area contributed by atoms with Gasteiger partial charge < -0.3 is 20.9 Å². The minimum atomic E-state index is -1.08. The molecule has 0 spiro atoms. The van der Waals surface area contributed by atoms with Gasteiger partial charge in [0.15, 0.2) is 0 Å². The molecule has 19 heavy (non-hydrogen) atoms. The zero-order valence-electron chi connectivity index (χ0n) is 12.6. The van der Waals surface area contributed by atoms with Crippen LogP contribution in [0.3, 0.4) is 0 Å². The smallest absolute Gasteiger partial charge is 0.407 e. The number of hydrogen-bond donors (Lipinski definition) is 3. The Kier molecular flexibility index (Phi) is 5.81. The second-order valence-corrected chi connectivity index (χ2v) is 6.75. The number of carbonyl (C=O) groups is 2. The summed E-state index contributed by atoms with van der Waals surface area (Å²) in [6, 6.07) is -1.40. The molecule has 1 amide bonds. The maximum Gasteiger partial charge on any atom is 0.407 e. The molecular weight excluding hydrogens is 248 g/mol. The molecule has 0 bridgehead atoms. The van der Waals surface area contributed by atoms with Crippen molar-refractivity contribution in [1.29, 1.82) is 0 Å². The van der Waals surface area contributed by atoms with Gasteiger partial charge in [0, 0.05) is 6.04 Å². The number of hydrogen-bond acceptors (Lipinski definition) is 4. The Hall–Kier alpha value is -1.30. The van der Waals surface area contributed by atoms with Crippen LogP contribution in [0.5, 0.6) is 0 Å². The Morgan fingerprint density at radius 1 is 1.21 bits per heavy atom. The molecule has 4 N–H and O–H groups in total. The van der Waals surface area contributed by atoms with Crippen LogP contribution in [0.25, 0.3) is 0 Å². The Labute approximate surface area is 114 Å². The fraction of sp³-hybridized carbons (Fsp3) is 0.846. The Balaban J connectivity index is 4.71. The predicted molar refractivity (Wildman–Crippen MR) is 72.8 cm³/mol. The summed E-state index contributed by atoms with van der Waals surface area (Å²) in [6.45, 7) is 11.0. The van der Waals surface area contributed by atoms with Crippen LogP contribution in [-0.4, -0.2) is 34.9 Å². The molecule has 0 rings (SSSR count). The van der Waals surface area contributed by atoms with Crippen molar-refractivity contribution in [2.75, 3.05) is 0 Å². The lowest BCUT2D eigenvalue weighted by molar-refractivity contribution is -0.139. The van der Waals surface area contributed by atoms with E-state index in [1.165, 1.54) is 0 Å². The highest BCUT2D eigenvalue weighted by Gasteiger charge is 2.31. The highest BCUT2D eigenvalue weighted by atomic mass is 16.6. The molecule has 0 aromatic carbocycles. The van der Waals surface area contributed by atoms with Gasteiger partial charge in [-0.2, -0.15) is 0 Å². The van der Waals surface area contributed by atoms with Gasteiger partial charge in [-0.05, 0) is 32.6 Å². The summed E-state index contributed by atoms with van der Waals surface area (Å²) in [5.74, 6) is -1.08. The first-order chi connectivity index (χ1) is 8.33. The average Bonchev–Trinajstić information content (AvgIpc) is 2.11. The third-order valence-corrected chi connectivity index (χ3v) is 2.54. The quantitative estimate of drug-likeness (QED) is 0.724. The van der Waals surface area contributed by atoms with E-state index in [1.807, 2.05) is 20.8 Å². The number of ether oxygens (including phenoxy) is 1. The van der Waals surface area contributed by atoms with E-state index in [4.69, 9.17) is 15.6 Å². The van der Waals surface area contributed by atoms with E-state index in [9.17, 15) is 9.59 Å². The van der Waals surface area contributed by atoms with Crippen LogP contribution in [0, 0.1) is 5.41 Å². The molecule has 0 heterocycles. The summed E-state index contributed by atoms with van der Waals surface area (Å²) < 4.78 is 5.17. The number of alkyl carbamates (subject to hydrolysis) is 1. The third-order valence-electron chi connectivity index (χ3n) is 2.54. The number of aliphatic carboxylic acids is 1. The number of rotatable bonds is 4. The SMILES string of the molecule is CC(C)(C)OC(=O)NC(CC(N)C(=O)O)C(C)(C)C. The van der Waals surface area contributed by atoms with Gasteiger partial charge in [-0.15, -0.1) is 0 Å². The van der Waals surface area contributed by atoms with Gasteiger partial charge in [0.1, 0.15) is 11.6 Å². The monoisotopic (exact) mass is 274 g/mol. The molecule has 6 nitrogen and oxygen atoms in total. The van der Waals surface area contributed by atoms with Gasteiger partial charge in [-0.1, -0.05) is 20.8 Å². The summed E-state index contributed by atoms with van der Waals surface area (Å²) in [4.78, 5) is 22.6. The van der Waals surface area contributed by atoms with Gasteiger partial charge in [0.05, 0.1) is 0 Å². The van der Waals surface area contributed by atoms with Crippen LogP contribution in [0.4, 0.5) is 4.79 Å². The van der Waals surface area contributed by atoms with E-state index < -0.39 is 23.7 Å². The number of carboxylic acids is 1. The van der Waals surface area contributed by atoms with Crippen LogP contribution < -0.4 is 11.1 Å². The molecule has 0 aromatic heterocycles. The van der Waals surface area contributed by atoms with E-state index in [0.29, 0.717) is 0 Å². The van der Waals surface area contributed by atoms with Crippen LogP contribution in [0.2, 0.25) is 0 Å². The minimum absolute atomic E-state index is 0.151. The average molecular weight is 274 g/mol. The van der Waals surface area contributed by atoms with E-state index in [2.05, 4.69) is 5.32 Å². The van der Waals surface area contributed by atoms with E-state index >= 15 is 0 Å². The molecule has 0 saturated carbocycles. The Morgan fingerprint density at radius 2 is 1.68 bits per heavy atom. The summed E-state index contributed by atoms with van der Waals surface area (Å²) >= 11 is 0. The van der Waals surface area contributed by atoms with Crippen LogP contribution >= 0.6 is 0 Å². The largest absolute Gasteiger partial charge is 0.480 e. The normalized spacial score (nSPS) is 15.5. The van der Waals surface area contributed by atoms with Crippen molar-refractivity contribution < 1.29 is 19.4 Å². The van der Waals surface area contributed by atoms with Crippen LogP contribution in [0.1, 0.15) is 48.0 Å². The molecule has 0 fully saturated rings. The van der Waals surface area contributed by atoms with Crippen molar-refractivity contribution in [3.05, 3.63) is 0 Å². The van der Waals surface area contributed by atoms with Gasteiger partial charge in [-0.25, -0.2) is 4.79 Å². The number of carbonyl (C=O) groups excluding carboxylic acids is 1. The molecule has 0 radical (unpaired) electrons. The van der Waals surface area contributed by atoms with Gasteiger partial charge in [0.2, 0.25) is 0 Å². The van der Waals surface area contributed by atoms with Gasteiger partial charge >= 0.3 is 12.1 Å². The first-order valence-electron chi connectivity index (χ1n) is 6.31. The lowest BCUT2D eigenvalue weighted by Crippen LogP contribution is -2.49. The fourth-order valence-electron chi connectivity index (χ4n) is 1.43. The predicted octanol–water partition coefficient (Wildman–Crippen LogP) is 1.73. The van der Waals surface area contributed by atoms with Gasteiger partial charge in [0.25, 0.3) is 0 Å². The van der Waals surface area contributed by atoms with E-state index in [-0.39, 0.29) is 17.9 Å². The van der Waals surface area contributed by atoms with Crippen molar-refractivity contribution in [2.24, 2.45) is 11.1 Å². The topological polar surface area (TPSA) is 102 Å². The number of carboxylic acid groups (broad SMARTS) is 1. The van der Waals surface area contributed by atoms with Crippen LogP contribution in [0.15, 0.2) is 0 Å². The van der Waals surface area contributed by atoms with Crippen molar-refractivity contribution in [2.45, 2.75) is 65.6 Å². The molecule has 112 valence electrons. The first-order valence-corrected chi connectivity index (χ1v) is 6.31. The summed E-state index contributed by atoms with van der Waals surface area (Å²) in [5, 5.41) is 11.5. The second kappa shape index (κ2) is 6.23. The summed E-state index contributed by atoms with van der Waals surface area (Å²) in [5.41, 5.74) is 4.61. The molecule has 0 aliphatic rings. The Morgan fingerprint density at radius 3 is 2.00 bits per heavy atom. The lowest BCUT2D eigenvalue weighted by atomic mass is 9.83. The van der Waals surface area contributed by atoms with Crippen molar-refractivity contribution in [3.8, 4) is 0 Å². The molecule has 0 aliphatic carbocycles. The molecule has 0 saturated heterocycles. The molecular formula is C13H26N2O4. The Bertz CT molecular complexity index is 329. The molecule has 2 unspecified atom stereocenters. The highest BCUT2D eigenvalue weighted by Crippen LogP contribution is 2.23. The third kappa shape index (κ3) is 7.66. The highest BCUT2D eigenvalue weighted by molar-refractivity contribution is 5.73. The van der Waals surface area contributed by atoms with Crippen molar-refractivity contribution in [1.82, 2.24) is 5.32 Å². The standard InChI is InChI=1S/C13H26N2O4/c1-12(2,3)9(7-8(14)10(16)17)15-11(18)19-13(4,5)6/h8-9H,7,14H2,1-6H3,(H,15,18)(H,16,17). The van der Waals surface area contributed by atoms with E-state index in [0.717, 1.165) is 0 Å². The maximum absolute atomic E-state index is 11.7. The minimum Gasteiger partial charge on any atom is -0.480 e. The fourth-order valence-corrected chi connectivity index (χ4v) is 1.43. The number of nitrogens with one attached hydrogen (secondary N) is 1. The van der Waals surface area contributed by atoms with Crippen LogP contribution in [-0.2, 0) is 9.53 Å². The van der Waals surface area contributed by atoms with E-state index in [1.54, 1.807) is 20.8 Å². The number of nitrogens with two attached hydrogens (primary N) is 1. The van der Waals surface area contributed by atoms with Crippen molar-refractivity contribution >= 4 is 12.1 Å². The molecule has 0 aliphatic heterocycles. The number of amides is 1. The van der Waals surface area contributed by atoms with Crippen molar-refractivity contribution in [3.63, 3.8) is 0 Å². The first kappa shape index (κ1) is 17.7. The maximum atomic E-state index is 11.7. The van der Waals surface area contributed by atoms with Gasteiger partial charge in [-0.3, -0.25) is 4.79 Å². The lowest BCUT2D eigenvalue weighted by Gasteiger charge is -2.33.